The molecule has 15 heavy (non-hydrogen) atoms. The van der Waals surface area contributed by atoms with Gasteiger partial charge in [-0.2, -0.15) is 0 Å². The van der Waals surface area contributed by atoms with Crippen LogP contribution in [0.3, 0.4) is 0 Å². The Morgan fingerprint density at radius 1 is 1.60 bits per heavy atom. The molecule has 2 aromatic rings. The van der Waals surface area contributed by atoms with Crippen molar-refractivity contribution in [3.05, 3.63) is 12.5 Å². The zero-order chi connectivity index (χ0) is 10.8. The Labute approximate surface area is 84.2 Å². The maximum absolute atomic E-state index is 10.5. The van der Waals surface area contributed by atoms with Gasteiger partial charge >= 0.3 is 5.97 Å². The molecule has 0 radical (unpaired) electrons. The number of carbonyl (C=O) groups is 1. The van der Waals surface area contributed by atoms with Crippen molar-refractivity contribution in [1.82, 2.24) is 29.8 Å². The summed E-state index contributed by atoms with van der Waals surface area (Å²) < 4.78 is 2.92. The van der Waals surface area contributed by atoms with E-state index in [0.29, 0.717) is 11.5 Å². The first-order valence-electron chi connectivity index (χ1n) is 4.13. The number of hydrogen-bond donors (Lipinski definition) is 1. The van der Waals surface area contributed by atoms with Crippen molar-refractivity contribution in [2.45, 2.75) is 6.54 Å². The van der Waals surface area contributed by atoms with Crippen molar-refractivity contribution >= 4 is 5.97 Å². The minimum absolute atomic E-state index is 0.270. The van der Waals surface area contributed by atoms with Crippen LogP contribution in [0.25, 0.3) is 11.5 Å². The quantitative estimate of drug-likeness (QED) is 0.705. The molecule has 0 saturated heterocycles. The second kappa shape index (κ2) is 3.48. The van der Waals surface area contributed by atoms with E-state index in [1.54, 1.807) is 24.1 Å². The van der Waals surface area contributed by atoms with E-state index in [-0.39, 0.29) is 6.54 Å². The van der Waals surface area contributed by atoms with Crippen molar-refractivity contribution in [2.75, 3.05) is 0 Å². The lowest BCUT2D eigenvalue weighted by atomic mass is 10.4. The Hall–Kier alpha value is -2.25. The highest BCUT2D eigenvalue weighted by Crippen LogP contribution is 2.13. The molecule has 8 nitrogen and oxygen atoms in total. The average molecular weight is 208 g/mol. The van der Waals surface area contributed by atoms with Crippen LogP contribution in [-0.4, -0.2) is 40.8 Å². The Morgan fingerprint density at radius 3 is 3.00 bits per heavy atom. The lowest BCUT2D eigenvalue weighted by Gasteiger charge is -2.01. The molecule has 0 aliphatic carbocycles. The van der Waals surface area contributed by atoms with Crippen molar-refractivity contribution in [1.29, 1.82) is 0 Å². The van der Waals surface area contributed by atoms with Crippen LogP contribution in [0, 0.1) is 0 Å². The molecule has 78 valence electrons. The summed E-state index contributed by atoms with van der Waals surface area (Å²) in [6.07, 6.45) is 3.17. The average Bonchev–Trinajstić information content (AvgIpc) is 2.73. The van der Waals surface area contributed by atoms with Crippen molar-refractivity contribution < 1.29 is 9.90 Å². The number of carboxylic acids is 1. The highest BCUT2D eigenvalue weighted by molar-refractivity contribution is 5.67. The summed E-state index contributed by atoms with van der Waals surface area (Å²) in [6, 6.07) is 0. The summed E-state index contributed by atoms with van der Waals surface area (Å²) in [5.74, 6) is -0.608. The summed E-state index contributed by atoms with van der Waals surface area (Å²) in [5.41, 5.74) is 0.668. The third-order valence-electron chi connectivity index (χ3n) is 1.86. The number of aryl methyl sites for hydroxylation is 1. The molecule has 1 N–H and O–H groups in total. The Morgan fingerprint density at radius 2 is 2.40 bits per heavy atom. The predicted molar refractivity (Wildman–Crippen MR) is 47.7 cm³/mol. The van der Waals surface area contributed by atoms with Crippen LogP contribution in [0.5, 0.6) is 0 Å². The van der Waals surface area contributed by atoms with Gasteiger partial charge in [-0.05, 0) is 10.4 Å². The highest BCUT2D eigenvalue weighted by Gasteiger charge is 2.13. The van der Waals surface area contributed by atoms with E-state index in [4.69, 9.17) is 5.11 Å². The van der Waals surface area contributed by atoms with Crippen LogP contribution in [0.1, 0.15) is 0 Å². The molecule has 8 heteroatoms. The predicted octanol–water partition coefficient (Wildman–Crippen LogP) is -0.842. The van der Waals surface area contributed by atoms with E-state index in [2.05, 4.69) is 20.5 Å². The smallest absolute Gasteiger partial charge is 0.325 e. The van der Waals surface area contributed by atoms with Gasteiger partial charge in [0.2, 0.25) is 5.82 Å². The number of nitrogens with zero attached hydrogens (tertiary/aromatic N) is 6. The summed E-state index contributed by atoms with van der Waals surface area (Å²) in [7, 11) is 1.78. The van der Waals surface area contributed by atoms with Gasteiger partial charge in [-0.25, -0.2) is 9.67 Å². The molecule has 0 fully saturated rings. The van der Waals surface area contributed by atoms with Crippen LogP contribution >= 0.6 is 0 Å². The maximum Gasteiger partial charge on any atom is 0.325 e. The van der Waals surface area contributed by atoms with Crippen LogP contribution in [-0.2, 0) is 18.4 Å². The van der Waals surface area contributed by atoms with Crippen LogP contribution in [0.2, 0.25) is 0 Å². The van der Waals surface area contributed by atoms with Crippen molar-refractivity contribution in [3.8, 4) is 11.5 Å². The minimum atomic E-state index is -0.995. The summed E-state index contributed by atoms with van der Waals surface area (Å²) in [4.78, 5) is 14.4. The van der Waals surface area contributed by atoms with Gasteiger partial charge in [-0.3, -0.25) is 4.79 Å². The summed E-state index contributed by atoms with van der Waals surface area (Å²) in [6.45, 7) is -0.270. The normalized spacial score (nSPS) is 10.5. The largest absolute Gasteiger partial charge is 0.480 e. The third kappa shape index (κ3) is 1.68. The summed E-state index contributed by atoms with van der Waals surface area (Å²) >= 11 is 0. The van der Waals surface area contributed by atoms with Gasteiger partial charge in [-0.15, -0.1) is 5.10 Å². The second-order valence-corrected chi connectivity index (χ2v) is 2.94. The van der Waals surface area contributed by atoms with Gasteiger partial charge in [0, 0.05) is 7.05 Å². The number of rotatable bonds is 3. The number of carboxylic acid groups (broad SMARTS) is 1. The van der Waals surface area contributed by atoms with Gasteiger partial charge in [0.1, 0.15) is 12.2 Å². The topological polar surface area (TPSA) is 98.7 Å². The maximum atomic E-state index is 10.5. The van der Waals surface area contributed by atoms with Gasteiger partial charge in [-0.1, -0.05) is 0 Å². The fourth-order valence-corrected chi connectivity index (χ4v) is 1.20. The molecule has 0 amide bonds. The molecule has 0 bridgehead atoms. The molecule has 2 aromatic heterocycles. The first kappa shape index (κ1) is 9.31. The van der Waals surface area contributed by atoms with Crippen LogP contribution < -0.4 is 0 Å². The van der Waals surface area contributed by atoms with E-state index in [1.165, 1.54) is 4.68 Å². The lowest BCUT2D eigenvalue weighted by molar-refractivity contribution is -0.137. The molecular formula is C7H8N6O2. The van der Waals surface area contributed by atoms with E-state index in [1.807, 2.05) is 0 Å². The van der Waals surface area contributed by atoms with Crippen LogP contribution in [0.4, 0.5) is 0 Å². The van der Waals surface area contributed by atoms with E-state index in [0.717, 1.165) is 0 Å². The molecule has 0 spiro atoms. The number of hydrogen-bond acceptors (Lipinski definition) is 5. The van der Waals surface area contributed by atoms with Crippen molar-refractivity contribution in [3.63, 3.8) is 0 Å². The molecule has 2 heterocycles. The zero-order valence-corrected chi connectivity index (χ0v) is 7.90. The van der Waals surface area contributed by atoms with E-state index >= 15 is 0 Å². The fraction of sp³-hybridized carbons (Fsp3) is 0.286. The molecule has 2 rings (SSSR count). The third-order valence-corrected chi connectivity index (χ3v) is 1.86. The van der Waals surface area contributed by atoms with Gasteiger partial charge in [0.05, 0.1) is 12.5 Å². The van der Waals surface area contributed by atoms with E-state index < -0.39 is 5.97 Å². The number of aliphatic carboxylic acids is 1. The highest BCUT2D eigenvalue weighted by atomic mass is 16.4. The fourth-order valence-electron chi connectivity index (χ4n) is 1.20. The molecule has 0 atom stereocenters. The summed E-state index contributed by atoms with van der Waals surface area (Å²) in [5, 5.41) is 19.4. The standard InChI is InChI=1S/C7H8N6O2/c1-12-4-8-2-5(12)7-9-10-11-13(7)3-6(14)15/h2,4H,3H2,1H3,(H,14,15). The zero-order valence-electron chi connectivity index (χ0n) is 7.90. The number of tetrazole rings is 1. The first-order chi connectivity index (χ1) is 7.18. The molecule has 0 unspecified atom stereocenters. The first-order valence-corrected chi connectivity index (χ1v) is 4.13. The van der Waals surface area contributed by atoms with Crippen LogP contribution in [0.15, 0.2) is 12.5 Å². The van der Waals surface area contributed by atoms with Gasteiger partial charge < -0.3 is 9.67 Å². The molecular weight excluding hydrogens is 200 g/mol. The van der Waals surface area contributed by atoms with Gasteiger partial charge in [0.25, 0.3) is 0 Å². The Balaban J connectivity index is 2.41. The number of imidazole rings is 1. The van der Waals surface area contributed by atoms with Gasteiger partial charge in [0.15, 0.2) is 0 Å². The Bertz CT molecular complexity index is 487. The monoisotopic (exact) mass is 208 g/mol. The Kier molecular flexibility index (Phi) is 2.16. The molecule has 0 aliphatic heterocycles. The minimum Gasteiger partial charge on any atom is -0.480 e. The van der Waals surface area contributed by atoms with Crippen molar-refractivity contribution in [2.24, 2.45) is 7.05 Å². The van der Waals surface area contributed by atoms with E-state index in [9.17, 15) is 4.79 Å². The molecule has 0 aromatic carbocycles. The molecule has 0 aliphatic rings. The number of aromatic nitrogens is 6. The SMILES string of the molecule is Cn1cncc1-c1nnnn1CC(=O)O. The molecule has 0 saturated carbocycles. The second-order valence-electron chi connectivity index (χ2n) is 2.94. The lowest BCUT2D eigenvalue weighted by Crippen LogP contribution is -2.12.